The lowest BCUT2D eigenvalue weighted by atomic mass is 10.1. The second-order valence-corrected chi connectivity index (χ2v) is 7.67. The third kappa shape index (κ3) is 6.21. The van der Waals surface area contributed by atoms with Crippen molar-refractivity contribution in [1.82, 2.24) is 14.7 Å². The van der Waals surface area contributed by atoms with Gasteiger partial charge in [-0.25, -0.2) is 0 Å². The van der Waals surface area contributed by atoms with E-state index in [0.717, 1.165) is 30.6 Å². The zero-order valence-corrected chi connectivity index (χ0v) is 17.2. The molecule has 0 aliphatic carbocycles. The minimum absolute atomic E-state index is 0.183. The predicted octanol–water partition coefficient (Wildman–Crippen LogP) is 3.47. The van der Waals surface area contributed by atoms with Gasteiger partial charge in [-0.2, -0.15) is 5.10 Å². The molecule has 2 aromatic rings. The highest BCUT2D eigenvalue weighted by Crippen LogP contribution is 2.17. The zero-order valence-electron chi connectivity index (χ0n) is 17.2. The molecular formula is C22H34N4O. The van der Waals surface area contributed by atoms with Gasteiger partial charge in [-0.05, 0) is 50.3 Å². The van der Waals surface area contributed by atoms with E-state index in [1.807, 2.05) is 30.0 Å². The van der Waals surface area contributed by atoms with Crippen LogP contribution < -0.4 is 5.73 Å². The van der Waals surface area contributed by atoms with E-state index in [9.17, 15) is 4.79 Å². The van der Waals surface area contributed by atoms with Crippen molar-refractivity contribution in [3.63, 3.8) is 0 Å². The largest absolute Gasteiger partial charge is 0.338 e. The molecule has 27 heavy (non-hydrogen) atoms. The Kier molecular flexibility index (Phi) is 8.04. The summed E-state index contributed by atoms with van der Waals surface area (Å²) < 4.78 is 2.08. The topological polar surface area (TPSA) is 64.2 Å². The van der Waals surface area contributed by atoms with E-state index in [1.165, 1.54) is 11.3 Å². The highest BCUT2D eigenvalue weighted by molar-refractivity contribution is 5.76. The molecule has 0 atom stereocenters. The maximum atomic E-state index is 12.9. The van der Waals surface area contributed by atoms with Crippen molar-refractivity contribution in [2.75, 3.05) is 13.1 Å². The number of nitrogens with two attached hydrogens (primary N) is 1. The van der Waals surface area contributed by atoms with Crippen LogP contribution in [0.25, 0.3) is 0 Å². The predicted molar refractivity (Wildman–Crippen MR) is 110 cm³/mol. The Hall–Kier alpha value is -2.14. The number of aromatic nitrogens is 2. The molecule has 0 unspecified atom stereocenters. The van der Waals surface area contributed by atoms with Gasteiger partial charge in [0.25, 0.3) is 0 Å². The van der Waals surface area contributed by atoms with Crippen LogP contribution >= 0.6 is 0 Å². The average molecular weight is 371 g/mol. The smallest absolute Gasteiger partial charge is 0.223 e. The van der Waals surface area contributed by atoms with Crippen LogP contribution in [0.5, 0.6) is 0 Å². The number of benzene rings is 1. The van der Waals surface area contributed by atoms with Crippen LogP contribution in [0.2, 0.25) is 0 Å². The van der Waals surface area contributed by atoms with Crippen LogP contribution in [0.3, 0.4) is 0 Å². The molecule has 148 valence electrons. The Morgan fingerprint density at radius 3 is 2.56 bits per heavy atom. The maximum absolute atomic E-state index is 12.9. The minimum atomic E-state index is 0.183. The summed E-state index contributed by atoms with van der Waals surface area (Å²) >= 11 is 0. The molecule has 0 bridgehead atoms. The fraction of sp³-hybridized carbons (Fsp3) is 0.545. The minimum Gasteiger partial charge on any atom is -0.338 e. The molecule has 5 heteroatoms. The number of aryl methyl sites for hydroxylation is 1. The molecule has 0 radical (unpaired) electrons. The van der Waals surface area contributed by atoms with Crippen molar-refractivity contribution in [2.45, 2.75) is 60.0 Å². The number of hydrogen-bond acceptors (Lipinski definition) is 3. The van der Waals surface area contributed by atoms with Gasteiger partial charge in [0.2, 0.25) is 5.91 Å². The molecule has 5 nitrogen and oxygen atoms in total. The Balaban J connectivity index is 2.03. The van der Waals surface area contributed by atoms with Gasteiger partial charge < -0.3 is 10.6 Å². The molecular weight excluding hydrogens is 336 g/mol. The number of hydrogen-bond donors (Lipinski definition) is 1. The van der Waals surface area contributed by atoms with Gasteiger partial charge in [0.15, 0.2) is 0 Å². The molecule has 2 rings (SSSR count). The van der Waals surface area contributed by atoms with Gasteiger partial charge in [0, 0.05) is 31.7 Å². The van der Waals surface area contributed by atoms with Crippen LogP contribution in [0.4, 0.5) is 0 Å². The van der Waals surface area contributed by atoms with Crippen LogP contribution in [-0.4, -0.2) is 33.7 Å². The normalized spacial score (nSPS) is 11.2. The fourth-order valence-corrected chi connectivity index (χ4v) is 3.39. The quantitative estimate of drug-likeness (QED) is 0.696. The van der Waals surface area contributed by atoms with Gasteiger partial charge >= 0.3 is 0 Å². The molecule has 1 heterocycles. The molecule has 1 aromatic heterocycles. The Morgan fingerprint density at radius 1 is 1.22 bits per heavy atom. The molecule has 0 saturated heterocycles. The fourth-order valence-electron chi connectivity index (χ4n) is 3.39. The standard InChI is InChI=1S/C22H34N4O/c1-17(2)15-26-19(4)21(18(3)24-26)11-12-22(27)25(14-8-13-23)16-20-9-6-5-7-10-20/h5-7,9-10,17H,8,11-16,23H2,1-4H3. The van der Waals surface area contributed by atoms with E-state index in [-0.39, 0.29) is 5.91 Å². The first kappa shape index (κ1) is 21.2. The Bertz CT molecular complexity index is 721. The number of carbonyl (C=O) groups is 1. The maximum Gasteiger partial charge on any atom is 0.223 e. The summed E-state index contributed by atoms with van der Waals surface area (Å²) in [6.07, 6.45) is 2.07. The van der Waals surface area contributed by atoms with Crippen molar-refractivity contribution < 1.29 is 4.79 Å². The van der Waals surface area contributed by atoms with Gasteiger partial charge in [0.1, 0.15) is 0 Å². The van der Waals surface area contributed by atoms with E-state index in [0.29, 0.717) is 32.0 Å². The van der Waals surface area contributed by atoms with E-state index in [2.05, 4.69) is 42.7 Å². The van der Waals surface area contributed by atoms with Crippen LogP contribution in [0.1, 0.15) is 49.2 Å². The molecule has 2 N–H and O–H groups in total. The van der Waals surface area contributed by atoms with Gasteiger partial charge in [-0.15, -0.1) is 0 Å². The van der Waals surface area contributed by atoms with Crippen molar-refractivity contribution in [3.8, 4) is 0 Å². The molecule has 0 aliphatic heterocycles. The molecule has 0 saturated carbocycles. The summed E-state index contributed by atoms with van der Waals surface area (Å²) in [6, 6.07) is 10.1. The van der Waals surface area contributed by atoms with Crippen molar-refractivity contribution in [1.29, 1.82) is 0 Å². The lowest BCUT2D eigenvalue weighted by Crippen LogP contribution is -2.32. The van der Waals surface area contributed by atoms with Crippen molar-refractivity contribution in [2.24, 2.45) is 11.7 Å². The van der Waals surface area contributed by atoms with Crippen molar-refractivity contribution >= 4 is 5.91 Å². The second-order valence-electron chi connectivity index (χ2n) is 7.67. The van der Waals surface area contributed by atoms with Crippen LogP contribution in [-0.2, 0) is 24.3 Å². The first-order valence-electron chi connectivity index (χ1n) is 9.97. The number of nitrogens with zero attached hydrogens (tertiary/aromatic N) is 3. The first-order valence-corrected chi connectivity index (χ1v) is 9.97. The Labute approximate surface area is 163 Å². The number of carbonyl (C=O) groups excluding carboxylic acids is 1. The van der Waals surface area contributed by atoms with Crippen LogP contribution in [0, 0.1) is 19.8 Å². The monoisotopic (exact) mass is 370 g/mol. The molecule has 1 amide bonds. The summed E-state index contributed by atoms with van der Waals surface area (Å²) in [4.78, 5) is 14.8. The van der Waals surface area contributed by atoms with E-state index in [1.54, 1.807) is 0 Å². The first-order chi connectivity index (χ1) is 12.9. The number of amides is 1. The van der Waals surface area contributed by atoms with Gasteiger partial charge in [-0.1, -0.05) is 44.2 Å². The summed E-state index contributed by atoms with van der Waals surface area (Å²) in [5.74, 6) is 0.734. The lowest BCUT2D eigenvalue weighted by molar-refractivity contribution is -0.131. The molecule has 1 aromatic carbocycles. The van der Waals surface area contributed by atoms with Gasteiger partial charge in [0.05, 0.1) is 5.69 Å². The summed E-state index contributed by atoms with van der Waals surface area (Å²) in [5.41, 5.74) is 10.3. The molecule has 0 spiro atoms. The summed E-state index contributed by atoms with van der Waals surface area (Å²) in [5, 5.41) is 4.67. The highest BCUT2D eigenvalue weighted by Gasteiger charge is 2.17. The highest BCUT2D eigenvalue weighted by atomic mass is 16.2. The zero-order chi connectivity index (χ0) is 19.8. The van der Waals surface area contributed by atoms with Gasteiger partial charge in [-0.3, -0.25) is 9.48 Å². The van der Waals surface area contributed by atoms with E-state index >= 15 is 0 Å². The Morgan fingerprint density at radius 2 is 1.93 bits per heavy atom. The SMILES string of the molecule is Cc1nn(CC(C)C)c(C)c1CCC(=O)N(CCCN)Cc1ccccc1. The third-order valence-electron chi connectivity index (χ3n) is 4.86. The summed E-state index contributed by atoms with van der Waals surface area (Å²) in [6.45, 7) is 11.4. The second kappa shape index (κ2) is 10.3. The lowest BCUT2D eigenvalue weighted by Gasteiger charge is -2.23. The average Bonchev–Trinajstić information content (AvgIpc) is 2.90. The molecule has 0 fully saturated rings. The van der Waals surface area contributed by atoms with E-state index < -0.39 is 0 Å². The summed E-state index contributed by atoms with van der Waals surface area (Å²) in [7, 11) is 0. The van der Waals surface area contributed by atoms with Crippen LogP contribution in [0.15, 0.2) is 30.3 Å². The number of rotatable bonds is 10. The third-order valence-corrected chi connectivity index (χ3v) is 4.86. The van der Waals surface area contributed by atoms with E-state index in [4.69, 9.17) is 5.73 Å². The van der Waals surface area contributed by atoms with Crippen molar-refractivity contribution in [3.05, 3.63) is 52.8 Å². The molecule has 0 aliphatic rings.